The van der Waals surface area contributed by atoms with Gasteiger partial charge in [0.2, 0.25) is 0 Å². The van der Waals surface area contributed by atoms with Crippen molar-refractivity contribution >= 4 is 0 Å². The van der Waals surface area contributed by atoms with Crippen molar-refractivity contribution in [3.8, 4) is 0 Å². The summed E-state index contributed by atoms with van der Waals surface area (Å²) >= 11 is 0. The number of hydrogen-bond acceptors (Lipinski definition) is 5. The zero-order chi connectivity index (χ0) is 9.90. The van der Waals surface area contributed by atoms with E-state index in [0.717, 1.165) is 13.1 Å². The zero-order valence-corrected chi connectivity index (χ0v) is 8.24. The van der Waals surface area contributed by atoms with Gasteiger partial charge in [0.1, 0.15) is 0 Å². The van der Waals surface area contributed by atoms with E-state index in [0.29, 0.717) is 26.2 Å². The van der Waals surface area contributed by atoms with Gasteiger partial charge in [0, 0.05) is 39.3 Å². The fraction of sp³-hybridized carbons (Fsp3) is 1.00. The predicted octanol–water partition coefficient (Wildman–Crippen LogP) is -1.81. The summed E-state index contributed by atoms with van der Waals surface area (Å²) in [7, 11) is 0. The van der Waals surface area contributed by atoms with E-state index in [1.54, 1.807) is 6.92 Å². The maximum atomic E-state index is 10.1. The van der Waals surface area contributed by atoms with Crippen LogP contribution < -0.4 is 11.5 Å². The molecule has 0 bridgehead atoms. The highest BCUT2D eigenvalue weighted by Crippen LogP contribution is 2.23. The lowest BCUT2D eigenvalue weighted by molar-refractivity contribution is -0.160. The largest absolute Gasteiger partial charge is 0.363 e. The lowest BCUT2D eigenvalue weighted by Crippen LogP contribution is -2.55. The van der Waals surface area contributed by atoms with Crippen LogP contribution in [0.25, 0.3) is 0 Å². The number of aliphatic hydroxyl groups is 1. The van der Waals surface area contributed by atoms with Gasteiger partial charge in [-0.2, -0.15) is 0 Å². The number of hydrogen-bond donors (Lipinski definition) is 3. The fourth-order valence-electron chi connectivity index (χ4n) is 1.52. The Labute approximate surface area is 79.3 Å². The monoisotopic (exact) mass is 188 g/mol. The van der Waals surface area contributed by atoms with Gasteiger partial charge in [0.05, 0.1) is 0 Å². The first-order valence-corrected chi connectivity index (χ1v) is 4.75. The molecule has 0 aromatic heterocycles. The molecule has 1 aliphatic heterocycles. The summed E-state index contributed by atoms with van der Waals surface area (Å²) in [6, 6.07) is 0. The third kappa shape index (κ3) is 2.62. The first-order valence-electron chi connectivity index (χ1n) is 4.75. The van der Waals surface area contributed by atoms with Crippen molar-refractivity contribution in [3.05, 3.63) is 0 Å². The Morgan fingerprint density at radius 3 is 2.08 bits per heavy atom. The molecule has 78 valence electrons. The molecule has 0 saturated carbocycles. The molecule has 0 radical (unpaired) electrons. The standard InChI is InChI=1S/C8H20N4O/c1-8(13,12-6-7-12)11(4-2-9)5-3-10/h13H,2-7,9-10H2,1H3. The van der Waals surface area contributed by atoms with Gasteiger partial charge < -0.3 is 16.6 Å². The molecule has 1 aliphatic rings. The van der Waals surface area contributed by atoms with Gasteiger partial charge in [-0.1, -0.05) is 0 Å². The van der Waals surface area contributed by atoms with Crippen LogP contribution in [0.15, 0.2) is 0 Å². The molecule has 0 aliphatic carbocycles. The van der Waals surface area contributed by atoms with E-state index in [1.807, 2.05) is 9.80 Å². The van der Waals surface area contributed by atoms with Crippen LogP contribution in [0.1, 0.15) is 6.92 Å². The van der Waals surface area contributed by atoms with Gasteiger partial charge in [0.25, 0.3) is 0 Å². The highest BCUT2D eigenvalue weighted by Gasteiger charge is 2.40. The maximum Gasteiger partial charge on any atom is 0.174 e. The molecular formula is C8H20N4O. The van der Waals surface area contributed by atoms with Crippen molar-refractivity contribution in [1.29, 1.82) is 0 Å². The van der Waals surface area contributed by atoms with Crippen LogP contribution in [-0.4, -0.2) is 60.0 Å². The summed E-state index contributed by atoms with van der Waals surface area (Å²) < 4.78 is 0. The van der Waals surface area contributed by atoms with Crippen LogP contribution in [0.2, 0.25) is 0 Å². The first kappa shape index (κ1) is 10.9. The first-order chi connectivity index (χ1) is 6.12. The van der Waals surface area contributed by atoms with Gasteiger partial charge in [-0.05, 0) is 6.92 Å². The molecular weight excluding hydrogens is 168 g/mol. The Hall–Kier alpha value is -0.200. The van der Waals surface area contributed by atoms with Crippen LogP contribution in [0.4, 0.5) is 0 Å². The SMILES string of the molecule is CC(O)(N(CCN)CCN)N1CC1. The minimum Gasteiger partial charge on any atom is -0.363 e. The summed E-state index contributed by atoms with van der Waals surface area (Å²) in [6.45, 7) is 6.16. The summed E-state index contributed by atoms with van der Waals surface area (Å²) in [5.41, 5.74) is 10.9. The second-order valence-electron chi connectivity index (χ2n) is 3.52. The Morgan fingerprint density at radius 1 is 1.31 bits per heavy atom. The molecule has 1 atom stereocenters. The second-order valence-corrected chi connectivity index (χ2v) is 3.52. The molecule has 1 rings (SSSR count). The van der Waals surface area contributed by atoms with E-state index in [-0.39, 0.29) is 0 Å². The highest BCUT2D eigenvalue weighted by atomic mass is 16.3. The van der Waals surface area contributed by atoms with E-state index >= 15 is 0 Å². The lowest BCUT2D eigenvalue weighted by Gasteiger charge is -2.37. The third-order valence-corrected chi connectivity index (χ3v) is 2.44. The normalized spacial score (nSPS) is 21.9. The molecule has 0 spiro atoms. The minimum absolute atomic E-state index is 0.546. The van der Waals surface area contributed by atoms with Crippen LogP contribution in [0, 0.1) is 0 Å². The summed E-state index contributed by atoms with van der Waals surface area (Å²) in [6.07, 6.45) is 0. The lowest BCUT2D eigenvalue weighted by atomic mass is 10.3. The van der Waals surface area contributed by atoms with E-state index < -0.39 is 5.85 Å². The van der Waals surface area contributed by atoms with E-state index in [2.05, 4.69) is 0 Å². The molecule has 0 aromatic carbocycles. The van der Waals surface area contributed by atoms with Crippen molar-refractivity contribution in [1.82, 2.24) is 9.80 Å². The van der Waals surface area contributed by atoms with Crippen molar-refractivity contribution in [3.63, 3.8) is 0 Å². The number of nitrogens with two attached hydrogens (primary N) is 2. The van der Waals surface area contributed by atoms with E-state index in [9.17, 15) is 5.11 Å². The average molecular weight is 188 g/mol. The molecule has 5 heteroatoms. The van der Waals surface area contributed by atoms with Gasteiger partial charge >= 0.3 is 0 Å². The predicted molar refractivity (Wildman–Crippen MR) is 51.9 cm³/mol. The van der Waals surface area contributed by atoms with Crippen molar-refractivity contribution < 1.29 is 5.11 Å². The molecule has 0 amide bonds. The number of rotatable bonds is 6. The molecule has 0 aromatic rings. The quantitative estimate of drug-likeness (QED) is 0.338. The smallest absolute Gasteiger partial charge is 0.174 e. The van der Waals surface area contributed by atoms with Crippen molar-refractivity contribution in [2.45, 2.75) is 12.8 Å². The van der Waals surface area contributed by atoms with Crippen LogP contribution in [-0.2, 0) is 0 Å². The minimum atomic E-state index is -0.862. The zero-order valence-electron chi connectivity index (χ0n) is 8.24. The maximum absolute atomic E-state index is 10.1. The Morgan fingerprint density at radius 2 is 1.77 bits per heavy atom. The Kier molecular flexibility index (Phi) is 3.63. The van der Waals surface area contributed by atoms with Crippen LogP contribution in [0.3, 0.4) is 0 Å². The Bertz CT molecular complexity index is 152. The molecule has 1 saturated heterocycles. The van der Waals surface area contributed by atoms with Gasteiger partial charge in [-0.15, -0.1) is 0 Å². The number of nitrogens with zero attached hydrogens (tertiary/aromatic N) is 2. The van der Waals surface area contributed by atoms with E-state index in [1.165, 1.54) is 0 Å². The van der Waals surface area contributed by atoms with Gasteiger partial charge in [-0.25, -0.2) is 0 Å². The van der Waals surface area contributed by atoms with Gasteiger partial charge in [-0.3, -0.25) is 9.80 Å². The summed E-state index contributed by atoms with van der Waals surface area (Å²) in [4.78, 5) is 3.90. The average Bonchev–Trinajstić information content (AvgIpc) is 2.86. The van der Waals surface area contributed by atoms with E-state index in [4.69, 9.17) is 11.5 Å². The Balaban J connectivity index is 2.49. The summed E-state index contributed by atoms with van der Waals surface area (Å²) in [5.74, 6) is -0.862. The molecule has 5 nitrogen and oxygen atoms in total. The second kappa shape index (κ2) is 4.34. The molecule has 5 N–H and O–H groups in total. The molecule has 1 heterocycles. The molecule has 1 fully saturated rings. The topological polar surface area (TPSA) is 78.5 Å². The van der Waals surface area contributed by atoms with Crippen LogP contribution in [0.5, 0.6) is 0 Å². The van der Waals surface area contributed by atoms with Crippen molar-refractivity contribution in [2.24, 2.45) is 11.5 Å². The molecule has 1 unspecified atom stereocenters. The highest BCUT2D eigenvalue weighted by molar-refractivity contribution is 4.85. The van der Waals surface area contributed by atoms with Gasteiger partial charge in [0.15, 0.2) is 5.85 Å². The summed E-state index contributed by atoms with van der Waals surface area (Å²) in [5, 5.41) is 10.1. The van der Waals surface area contributed by atoms with Crippen molar-refractivity contribution in [2.75, 3.05) is 39.3 Å². The molecule has 13 heavy (non-hydrogen) atoms. The van der Waals surface area contributed by atoms with Crippen LogP contribution >= 0.6 is 0 Å². The fourth-order valence-corrected chi connectivity index (χ4v) is 1.52. The third-order valence-electron chi connectivity index (χ3n) is 2.44.